The van der Waals surface area contributed by atoms with Gasteiger partial charge < -0.3 is 15.0 Å². The largest absolute Gasteiger partial charge is 0.489 e. The lowest BCUT2D eigenvalue weighted by molar-refractivity contribution is -0.136. The molecule has 3 aliphatic rings. The molecule has 4 rings (SSSR count). The number of nitrogens with one attached hydrogen (secondary N) is 2. The minimum Gasteiger partial charge on any atom is -0.489 e. The van der Waals surface area contributed by atoms with Crippen LogP contribution in [-0.4, -0.2) is 47.9 Å². The van der Waals surface area contributed by atoms with Gasteiger partial charge in [0.2, 0.25) is 11.8 Å². The summed E-state index contributed by atoms with van der Waals surface area (Å²) in [5.74, 6) is -0.0647. The molecule has 0 aromatic heterocycles. The Kier molecular flexibility index (Phi) is 4.17. The first kappa shape index (κ1) is 16.1. The number of carbonyl (C=O) groups is 3. The van der Waals surface area contributed by atoms with Gasteiger partial charge in [0.1, 0.15) is 17.9 Å². The van der Waals surface area contributed by atoms with E-state index in [2.05, 4.69) is 10.6 Å². The summed E-state index contributed by atoms with van der Waals surface area (Å²) in [4.78, 5) is 37.6. The van der Waals surface area contributed by atoms with E-state index in [1.165, 1.54) is 0 Å². The lowest BCUT2D eigenvalue weighted by Crippen LogP contribution is -2.52. The van der Waals surface area contributed by atoms with Crippen molar-refractivity contribution in [2.24, 2.45) is 0 Å². The minimum absolute atomic E-state index is 0.148. The Balaban J connectivity index is 1.49. The van der Waals surface area contributed by atoms with Gasteiger partial charge >= 0.3 is 0 Å². The van der Waals surface area contributed by atoms with E-state index < -0.39 is 6.04 Å². The summed E-state index contributed by atoms with van der Waals surface area (Å²) in [6.07, 6.45) is 2.90. The van der Waals surface area contributed by atoms with Crippen molar-refractivity contribution in [3.8, 4) is 5.75 Å². The molecule has 3 aliphatic heterocycles. The van der Waals surface area contributed by atoms with E-state index in [-0.39, 0.29) is 30.2 Å². The standard InChI is InChI=1S/C18H21N3O4/c22-16-6-5-15(17(23)20-16)21-10-11-8-12(3-4-14(11)18(21)24)25-13-2-1-7-19-9-13/h3-4,8,13,15,19H,1-2,5-7,9-10H2,(H,20,22,23)/t13-,15?/m0/s1. The Hall–Kier alpha value is -2.41. The summed E-state index contributed by atoms with van der Waals surface area (Å²) < 4.78 is 6.02. The van der Waals surface area contributed by atoms with E-state index in [1.54, 1.807) is 11.0 Å². The first-order chi connectivity index (χ1) is 12.1. The van der Waals surface area contributed by atoms with Gasteiger partial charge in [0, 0.05) is 25.1 Å². The first-order valence-electron chi connectivity index (χ1n) is 8.77. The molecular formula is C18H21N3O4. The van der Waals surface area contributed by atoms with Gasteiger partial charge in [-0.3, -0.25) is 19.7 Å². The summed E-state index contributed by atoms with van der Waals surface area (Å²) >= 11 is 0. The molecule has 25 heavy (non-hydrogen) atoms. The van der Waals surface area contributed by atoms with Crippen molar-refractivity contribution in [2.45, 2.75) is 44.4 Å². The molecule has 1 unspecified atom stereocenters. The number of nitrogens with zero attached hydrogens (tertiary/aromatic N) is 1. The van der Waals surface area contributed by atoms with E-state index in [0.29, 0.717) is 18.5 Å². The number of ether oxygens (including phenoxy) is 1. The number of amides is 3. The molecule has 0 spiro atoms. The highest BCUT2D eigenvalue weighted by Gasteiger charge is 2.39. The van der Waals surface area contributed by atoms with Gasteiger partial charge in [-0.25, -0.2) is 0 Å². The molecule has 2 atom stereocenters. The van der Waals surface area contributed by atoms with Crippen molar-refractivity contribution in [1.82, 2.24) is 15.5 Å². The summed E-state index contributed by atoms with van der Waals surface area (Å²) in [5.41, 5.74) is 1.48. The number of piperidine rings is 2. The van der Waals surface area contributed by atoms with Gasteiger partial charge in [-0.05, 0) is 49.6 Å². The highest BCUT2D eigenvalue weighted by molar-refractivity contribution is 6.05. The molecule has 2 saturated heterocycles. The molecule has 0 aliphatic carbocycles. The second kappa shape index (κ2) is 6.48. The van der Waals surface area contributed by atoms with Crippen LogP contribution in [0.15, 0.2) is 18.2 Å². The van der Waals surface area contributed by atoms with Gasteiger partial charge in [0.05, 0.1) is 0 Å². The minimum atomic E-state index is -0.579. The predicted octanol–water partition coefficient (Wildman–Crippen LogP) is 0.578. The Morgan fingerprint density at radius 2 is 2.04 bits per heavy atom. The van der Waals surface area contributed by atoms with Crippen LogP contribution in [-0.2, 0) is 16.1 Å². The molecule has 3 amide bonds. The topological polar surface area (TPSA) is 87.7 Å². The van der Waals surface area contributed by atoms with E-state index in [4.69, 9.17) is 4.74 Å². The van der Waals surface area contributed by atoms with Gasteiger partial charge in [-0.15, -0.1) is 0 Å². The zero-order chi connectivity index (χ0) is 17.4. The SMILES string of the molecule is O=C1CCC(N2Cc3cc(O[C@H]4CCCNC4)ccc3C2=O)C(=O)N1. The molecular weight excluding hydrogens is 322 g/mol. The number of rotatable bonds is 3. The maximum atomic E-state index is 12.6. The fraction of sp³-hybridized carbons (Fsp3) is 0.500. The van der Waals surface area contributed by atoms with Gasteiger partial charge in [0.25, 0.3) is 5.91 Å². The molecule has 3 heterocycles. The van der Waals surface area contributed by atoms with Crippen LogP contribution in [0.5, 0.6) is 5.75 Å². The average Bonchev–Trinajstić information content (AvgIpc) is 2.92. The van der Waals surface area contributed by atoms with Crippen LogP contribution in [0.1, 0.15) is 41.6 Å². The lowest BCUT2D eigenvalue weighted by Gasteiger charge is -2.29. The van der Waals surface area contributed by atoms with Crippen molar-refractivity contribution in [3.63, 3.8) is 0 Å². The smallest absolute Gasteiger partial charge is 0.255 e. The molecule has 1 aromatic rings. The number of benzene rings is 1. The van der Waals surface area contributed by atoms with Crippen molar-refractivity contribution < 1.29 is 19.1 Å². The number of hydrogen-bond acceptors (Lipinski definition) is 5. The maximum absolute atomic E-state index is 12.6. The zero-order valence-electron chi connectivity index (χ0n) is 13.9. The van der Waals surface area contributed by atoms with Crippen LogP contribution in [0.25, 0.3) is 0 Å². The third-order valence-electron chi connectivity index (χ3n) is 5.05. The van der Waals surface area contributed by atoms with Crippen molar-refractivity contribution in [3.05, 3.63) is 29.3 Å². The fourth-order valence-corrected chi connectivity index (χ4v) is 3.74. The number of imide groups is 1. The molecule has 2 fully saturated rings. The molecule has 7 nitrogen and oxygen atoms in total. The molecule has 1 aromatic carbocycles. The van der Waals surface area contributed by atoms with Crippen LogP contribution in [0.3, 0.4) is 0 Å². The van der Waals surface area contributed by atoms with Crippen LogP contribution >= 0.6 is 0 Å². The average molecular weight is 343 g/mol. The number of fused-ring (bicyclic) bond motifs is 1. The Labute approximate surface area is 145 Å². The fourth-order valence-electron chi connectivity index (χ4n) is 3.74. The summed E-state index contributed by atoms with van der Waals surface area (Å²) in [6, 6.07) is 4.91. The lowest BCUT2D eigenvalue weighted by atomic mass is 10.0. The summed E-state index contributed by atoms with van der Waals surface area (Å²) in [7, 11) is 0. The predicted molar refractivity (Wildman–Crippen MR) is 89.0 cm³/mol. The second-order valence-electron chi connectivity index (χ2n) is 6.81. The highest BCUT2D eigenvalue weighted by atomic mass is 16.5. The second-order valence-corrected chi connectivity index (χ2v) is 6.81. The Morgan fingerprint density at radius 1 is 1.16 bits per heavy atom. The highest BCUT2D eigenvalue weighted by Crippen LogP contribution is 2.30. The van der Waals surface area contributed by atoms with Crippen molar-refractivity contribution >= 4 is 17.7 Å². The molecule has 0 radical (unpaired) electrons. The van der Waals surface area contributed by atoms with Gasteiger partial charge in [-0.1, -0.05) is 0 Å². The van der Waals surface area contributed by atoms with E-state index in [9.17, 15) is 14.4 Å². The molecule has 0 saturated carbocycles. The van der Waals surface area contributed by atoms with E-state index in [1.807, 2.05) is 12.1 Å². The summed E-state index contributed by atoms with van der Waals surface area (Å²) in [5, 5.41) is 5.63. The monoisotopic (exact) mass is 343 g/mol. The van der Waals surface area contributed by atoms with E-state index in [0.717, 1.165) is 37.2 Å². The third kappa shape index (κ3) is 3.11. The molecule has 132 valence electrons. The Bertz CT molecular complexity index is 727. The molecule has 2 N–H and O–H groups in total. The van der Waals surface area contributed by atoms with Crippen LogP contribution in [0, 0.1) is 0 Å². The maximum Gasteiger partial charge on any atom is 0.255 e. The van der Waals surface area contributed by atoms with Crippen molar-refractivity contribution in [1.29, 1.82) is 0 Å². The van der Waals surface area contributed by atoms with E-state index >= 15 is 0 Å². The number of hydrogen-bond donors (Lipinski definition) is 2. The van der Waals surface area contributed by atoms with Crippen LogP contribution in [0.2, 0.25) is 0 Å². The quantitative estimate of drug-likeness (QED) is 0.784. The zero-order valence-corrected chi connectivity index (χ0v) is 13.9. The first-order valence-corrected chi connectivity index (χ1v) is 8.77. The molecule has 0 bridgehead atoms. The molecule has 7 heteroatoms. The normalized spacial score (nSPS) is 26.4. The van der Waals surface area contributed by atoms with Gasteiger partial charge in [-0.2, -0.15) is 0 Å². The van der Waals surface area contributed by atoms with Crippen LogP contribution < -0.4 is 15.4 Å². The van der Waals surface area contributed by atoms with Crippen LogP contribution in [0.4, 0.5) is 0 Å². The Morgan fingerprint density at radius 3 is 2.80 bits per heavy atom. The van der Waals surface area contributed by atoms with Gasteiger partial charge in [0.15, 0.2) is 0 Å². The third-order valence-corrected chi connectivity index (χ3v) is 5.05. The summed E-state index contributed by atoms with van der Waals surface area (Å²) in [6.45, 7) is 2.23. The number of carbonyl (C=O) groups excluding carboxylic acids is 3. The van der Waals surface area contributed by atoms with Crippen molar-refractivity contribution in [2.75, 3.05) is 13.1 Å².